The second-order valence-corrected chi connectivity index (χ2v) is 4.46. The largest absolute Gasteiger partial charge is 0.336 e. The fourth-order valence-corrected chi connectivity index (χ4v) is 1.83. The zero-order valence-electron chi connectivity index (χ0n) is 8.12. The van der Waals surface area contributed by atoms with Crippen LogP contribution in [0.4, 0.5) is 0 Å². The molecule has 0 saturated heterocycles. The van der Waals surface area contributed by atoms with Crippen molar-refractivity contribution in [1.82, 2.24) is 9.97 Å². The lowest BCUT2D eigenvalue weighted by atomic mass is 10.2. The van der Waals surface area contributed by atoms with Gasteiger partial charge in [0.15, 0.2) is 5.78 Å². The second-order valence-electron chi connectivity index (χ2n) is 3.21. The normalized spacial score (nSPS) is 10.3. The van der Waals surface area contributed by atoms with Gasteiger partial charge in [-0.2, -0.15) is 0 Å². The van der Waals surface area contributed by atoms with Gasteiger partial charge in [0.05, 0.1) is 6.20 Å². The number of rotatable bonds is 2. The molecule has 4 heteroatoms. The fourth-order valence-electron chi connectivity index (χ4n) is 1.28. The molecule has 1 aromatic heterocycles. The predicted octanol–water partition coefficient (Wildman–Crippen LogP) is 2.88. The standard InChI is InChI=1S/C11H9IN2O/c1-7(15)10-6-13-11(14-10)8-3-2-4-9(12)5-8/h2-6H,1H3,(H,13,14). The summed E-state index contributed by atoms with van der Waals surface area (Å²) in [4.78, 5) is 18.2. The first-order chi connectivity index (χ1) is 7.16. The van der Waals surface area contributed by atoms with Crippen molar-refractivity contribution in [2.75, 3.05) is 0 Å². The average Bonchev–Trinajstić information content (AvgIpc) is 2.66. The monoisotopic (exact) mass is 312 g/mol. The number of carbonyl (C=O) groups is 1. The van der Waals surface area contributed by atoms with E-state index in [1.165, 1.54) is 6.92 Å². The van der Waals surface area contributed by atoms with Crippen molar-refractivity contribution in [2.24, 2.45) is 0 Å². The Kier molecular flexibility index (Phi) is 2.86. The van der Waals surface area contributed by atoms with E-state index in [0.29, 0.717) is 5.69 Å². The van der Waals surface area contributed by atoms with Crippen molar-refractivity contribution in [1.29, 1.82) is 0 Å². The van der Waals surface area contributed by atoms with E-state index in [4.69, 9.17) is 0 Å². The van der Waals surface area contributed by atoms with Crippen LogP contribution in [-0.2, 0) is 0 Å². The van der Waals surface area contributed by atoms with E-state index in [2.05, 4.69) is 32.6 Å². The highest BCUT2D eigenvalue weighted by Gasteiger charge is 2.06. The van der Waals surface area contributed by atoms with Crippen molar-refractivity contribution in [3.63, 3.8) is 0 Å². The van der Waals surface area contributed by atoms with Crippen molar-refractivity contribution in [3.8, 4) is 11.4 Å². The number of nitrogens with one attached hydrogen (secondary N) is 1. The topological polar surface area (TPSA) is 45.8 Å². The van der Waals surface area contributed by atoms with Crippen LogP contribution in [0.2, 0.25) is 0 Å². The maximum atomic E-state index is 11.1. The Labute approximate surface area is 101 Å². The van der Waals surface area contributed by atoms with E-state index in [-0.39, 0.29) is 5.78 Å². The molecule has 0 atom stereocenters. The maximum Gasteiger partial charge on any atom is 0.177 e. The highest BCUT2D eigenvalue weighted by molar-refractivity contribution is 14.1. The first-order valence-electron chi connectivity index (χ1n) is 4.48. The number of hydrogen-bond acceptors (Lipinski definition) is 2. The number of imidazole rings is 1. The van der Waals surface area contributed by atoms with Gasteiger partial charge in [-0.3, -0.25) is 4.79 Å². The summed E-state index contributed by atoms with van der Waals surface area (Å²) in [5.41, 5.74) is 1.54. The van der Waals surface area contributed by atoms with Crippen LogP contribution < -0.4 is 0 Å². The second kappa shape index (κ2) is 4.14. The van der Waals surface area contributed by atoms with Gasteiger partial charge in [-0.25, -0.2) is 4.98 Å². The number of carbonyl (C=O) groups excluding carboxylic acids is 1. The first-order valence-corrected chi connectivity index (χ1v) is 5.56. The molecule has 76 valence electrons. The number of benzene rings is 1. The Morgan fingerprint density at radius 1 is 1.47 bits per heavy atom. The summed E-state index contributed by atoms with van der Waals surface area (Å²) in [6, 6.07) is 7.96. The summed E-state index contributed by atoms with van der Waals surface area (Å²) in [5.74, 6) is 0.734. The molecular formula is C11H9IN2O. The molecule has 1 heterocycles. The molecule has 0 aliphatic heterocycles. The molecule has 1 N–H and O–H groups in total. The molecule has 3 nitrogen and oxygen atoms in total. The SMILES string of the molecule is CC(=O)c1cnc(-c2cccc(I)c2)[nH]1. The summed E-state index contributed by atoms with van der Waals surface area (Å²) < 4.78 is 1.14. The van der Waals surface area contributed by atoms with Crippen LogP contribution in [0.25, 0.3) is 11.4 Å². The zero-order valence-corrected chi connectivity index (χ0v) is 10.3. The number of hydrogen-bond donors (Lipinski definition) is 1. The Morgan fingerprint density at radius 2 is 2.27 bits per heavy atom. The molecule has 0 saturated carbocycles. The maximum absolute atomic E-state index is 11.1. The highest BCUT2D eigenvalue weighted by Crippen LogP contribution is 2.18. The van der Waals surface area contributed by atoms with Crippen LogP contribution in [0.15, 0.2) is 30.5 Å². The third-order valence-corrected chi connectivity index (χ3v) is 2.72. The number of ketones is 1. The smallest absolute Gasteiger partial charge is 0.177 e. The van der Waals surface area contributed by atoms with Crippen molar-refractivity contribution < 1.29 is 4.79 Å². The van der Waals surface area contributed by atoms with Crippen LogP contribution in [0, 0.1) is 3.57 Å². The van der Waals surface area contributed by atoms with Gasteiger partial charge in [0.2, 0.25) is 0 Å². The highest BCUT2D eigenvalue weighted by atomic mass is 127. The van der Waals surface area contributed by atoms with Crippen LogP contribution in [-0.4, -0.2) is 15.8 Å². The minimum absolute atomic E-state index is 0.000576. The molecule has 1 aromatic carbocycles. The van der Waals surface area contributed by atoms with Gasteiger partial charge in [0.1, 0.15) is 11.5 Å². The molecule has 0 unspecified atom stereocenters. The molecule has 0 amide bonds. The molecule has 2 aromatic rings. The lowest BCUT2D eigenvalue weighted by Crippen LogP contribution is -1.91. The van der Waals surface area contributed by atoms with Gasteiger partial charge >= 0.3 is 0 Å². The van der Waals surface area contributed by atoms with Crippen molar-refractivity contribution in [2.45, 2.75) is 6.92 Å². The van der Waals surface area contributed by atoms with E-state index in [1.807, 2.05) is 24.3 Å². The van der Waals surface area contributed by atoms with Gasteiger partial charge < -0.3 is 4.98 Å². The Hall–Kier alpha value is -1.17. The minimum Gasteiger partial charge on any atom is -0.336 e. The number of aromatic amines is 1. The number of H-pyrrole nitrogens is 1. The molecule has 2 rings (SSSR count). The Bertz CT molecular complexity index is 505. The molecular weight excluding hydrogens is 303 g/mol. The number of halogens is 1. The van der Waals surface area contributed by atoms with E-state index in [1.54, 1.807) is 6.20 Å². The van der Waals surface area contributed by atoms with Crippen LogP contribution >= 0.6 is 22.6 Å². The average molecular weight is 312 g/mol. The number of Topliss-reactive ketones (excluding diaryl/α,β-unsaturated/α-hetero) is 1. The number of nitrogens with zero attached hydrogens (tertiary/aromatic N) is 1. The van der Waals surface area contributed by atoms with Gasteiger partial charge in [0, 0.05) is 16.1 Å². The molecule has 0 spiro atoms. The molecule has 0 bridgehead atoms. The number of aromatic nitrogens is 2. The summed E-state index contributed by atoms with van der Waals surface area (Å²) >= 11 is 2.24. The summed E-state index contributed by atoms with van der Waals surface area (Å²) in [6.07, 6.45) is 1.57. The lowest BCUT2D eigenvalue weighted by molar-refractivity contribution is 0.101. The van der Waals surface area contributed by atoms with Crippen molar-refractivity contribution >= 4 is 28.4 Å². The van der Waals surface area contributed by atoms with E-state index in [9.17, 15) is 4.79 Å². The van der Waals surface area contributed by atoms with Crippen LogP contribution in [0.1, 0.15) is 17.4 Å². The summed E-state index contributed by atoms with van der Waals surface area (Å²) in [5, 5.41) is 0. The Morgan fingerprint density at radius 3 is 2.87 bits per heavy atom. The third kappa shape index (κ3) is 2.26. The molecule has 0 aliphatic carbocycles. The predicted molar refractivity (Wildman–Crippen MR) is 66.7 cm³/mol. The fraction of sp³-hybridized carbons (Fsp3) is 0.0909. The minimum atomic E-state index is -0.000576. The third-order valence-electron chi connectivity index (χ3n) is 2.05. The van der Waals surface area contributed by atoms with E-state index < -0.39 is 0 Å². The zero-order chi connectivity index (χ0) is 10.8. The first kappa shape index (κ1) is 10.4. The van der Waals surface area contributed by atoms with Crippen molar-refractivity contribution in [3.05, 3.63) is 39.7 Å². The van der Waals surface area contributed by atoms with Gasteiger partial charge in [0.25, 0.3) is 0 Å². The van der Waals surface area contributed by atoms with Gasteiger partial charge in [-0.1, -0.05) is 12.1 Å². The summed E-state index contributed by atoms with van der Waals surface area (Å²) in [6.45, 7) is 1.52. The van der Waals surface area contributed by atoms with E-state index >= 15 is 0 Å². The molecule has 0 fully saturated rings. The quantitative estimate of drug-likeness (QED) is 0.684. The van der Waals surface area contributed by atoms with Gasteiger partial charge in [-0.15, -0.1) is 0 Å². The van der Waals surface area contributed by atoms with E-state index in [0.717, 1.165) is 15.0 Å². The van der Waals surface area contributed by atoms with Crippen LogP contribution in [0.3, 0.4) is 0 Å². The summed E-state index contributed by atoms with van der Waals surface area (Å²) in [7, 11) is 0. The lowest BCUT2D eigenvalue weighted by Gasteiger charge is -1.96. The molecule has 0 radical (unpaired) electrons. The Balaban J connectivity index is 2.41. The molecule has 0 aliphatic rings. The molecule has 15 heavy (non-hydrogen) atoms. The van der Waals surface area contributed by atoms with Crippen LogP contribution in [0.5, 0.6) is 0 Å². The van der Waals surface area contributed by atoms with Gasteiger partial charge in [-0.05, 0) is 34.7 Å².